The fraction of sp³-hybridized carbons (Fsp3) is 0.308. The number of benzene rings is 1. The van der Waals surface area contributed by atoms with Crippen LogP contribution in [0.3, 0.4) is 0 Å². The van der Waals surface area contributed by atoms with Gasteiger partial charge in [0.25, 0.3) is 5.91 Å². The van der Waals surface area contributed by atoms with E-state index in [4.69, 9.17) is 4.74 Å². The van der Waals surface area contributed by atoms with Gasteiger partial charge in [-0.1, -0.05) is 12.1 Å². The molecule has 178 valence electrons. The predicted octanol–water partition coefficient (Wildman–Crippen LogP) is 3.68. The molecule has 9 nitrogen and oxygen atoms in total. The lowest BCUT2D eigenvalue weighted by atomic mass is 10.0. The van der Waals surface area contributed by atoms with E-state index >= 15 is 0 Å². The van der Waals surface area contributed by atoms with Gasteiger partial charge in [0.2, 0.25) is 0 Å². The van der Waals surface area contributed by atoms with Crippen molar-refractivity contribution in [3.8, 4) is 28.4 Å². The summed E-state index contributed by atoms with van der Waals surface area (Å²) < 4.78 is 10.2. The van der Waals surface area contributed by atoms with Gasteiger partial charge in [-0.15, -0.1) is 0 Å². The van der Waals surface area contributed by atoms with Crippen molar-refractivity contribution in [2.45, 2.75) is 32.5 Å². The number of hydrogen-bond donors (Lipinski definition) is 1. The van der Waals surface area contributed by atoms with Crippen molar-refractivity contribution in [1.29, 1.82) is 0 Å². The fourth-order valence-electron chi connectivity index (χ4n) is 4.71. The van der Waals surface area contributed by atoms with Gasteiger partial charge in [0.05, 0.1) is 30.6 Å². The number of fused-ring (bicyclic) bond motifs is 6. The van der Waals surface area contributed by atoms with Crippen molar-refractivity contribution >= 4 is 11.7 Å². The number of imidazole rings is 1. The van der Waals surface area contributed by atoms with E-state index in [2.05, 4.69) is 41.6 Å². The zero-order valence-electron chi connectivity index (χ0n) is 19.6. The van der Waals surface area contributed by atoms with Crippen LogP contribution in [0.25, 0.3) is 22.6 Å². The number of ether oxygens (including phenoxy) is 1. The van der Waals surface area contributed by atoms with Crippen LogP contribution in [-0.2, 0) is 19.6 Å². The number of rotatable bonds is 1. The molecule has 0 unspecified atom stereocenters. The van der Waals surface area contributed by atoms with E-state index in [0.717, 1.165) is 67.4 Å². The lowest BCUT2D eigenvalue weighted by Crippen LogP contribution is -2.30. The van der Waals surface area contributed by atoms with Gasteiger partial charge in [-0.25, -0.2) is 9.97 Å². The smallest absolute Gasteiger partial charge is 0.260 e. The first-order valence-corrected chi connectivity index (χ1v) is 12.0. The van der Waals surface area contributed by atoms with Gasteiger partial charge in [0.15, 0.2) is 5.82 Å². The molecular formula is C26H27N7O2. The van der Waals surface area contributed by atoms with E-state index in [1.165, 1.54) is 0 Å². The summed E-state index contributed by atoms with van der Waals surface area (Å²) in [5.41, 5.74) is 4.36. The van der Waals surface area contributed by atoms with E-state index in [1.807, 2.05) is 42.7 Å². The second-order valence-corrected chi connectivity index (χ2v) is 9.04. The molecule has 0 saturated carbocycles. The molecular weight excluding hydrogens is 442 g/mol. The minimum Gasteiger partial charge on any atom is -0.493 e. The average molecular weight is 470 g/mol. The van der Waals surface area contributed by atoms with Gasteiger partial charge >= 0.3 is 0 Å². The zero-order chi connectivity index (χ0) is 23.8. The van der Waals surface area contributed by atoms with Crippen LogP contribution in [0.15, 0.2) is 55.0 Å². The maximum absolute atomic E-state index is 13.5. The molecule has 5 heterocycles. The van der Waals surface area contributed by atoms with E-state index in [1.54, 1.807) is 12.3 Å². The predicted molar refractivity (Wildman–Crippen MR) is 132 cm³/mol. The highest BCUT2D eigenvalue weighted by molar-refractivity contribution is 6.06. The number of nitrogens with zero attached hydrogens (tertiary/aromatic N) is 6. The number of likely N-dealkylation sites (N-methyl/N-ethyl adjacent to an activating group) is 1. The van der Waals surface area contributed by atoms with Crippen LogP contribution in [0.5, 0.6) is 5.75 Å². The number of carbonyl (C=O) groups is 1. The molecule has 9 heteroatoms. The quantitative estimate of drug-likeness (QED) is 0.457. The number of pyridine rings is 1. The van der Waals surface area contributed by atoms with Crippen molar-refractivity contribution < 1.29 is 9.53 Å². The van der Waals surface area contributed by atoms with Crippen LogP contribution in [0.4, 0.5) is 5.82 Å². The first-order valence-electron chi connectivity index (χ1n) is 12.0. The number of anilines is 1. The summed E-state index contributed by atoms with van der Waals surface area (Å²) >= 11 is 0. The Morgan fingerprint density at radius 1 is 1.06 bits per heavy atom. The van der Waals surface area contributed by atoms with Gasteiger partial charge < -0.3 is 14.6 Å². The highest BCUT2D eigenvalue weighted by Gasteiger charge is 2.22. The molecule has 0 fully saturated rings. The number of aryl methyl sites for hydroxylation is 1. The molecule has 2 aliphatic rings. The molecule has 2 bridgehead atoms. The molecule has 35 heavy (non-hydrogen) atoms. The molecule has 1 N–H and O–H groups in total. The summed E-state index contributed by atoms with van der Waals surface area (Å²) in [7, 11) is 2.11. The Bertz CT molecular complexity index is 1390. The van der Waals surface area contributed by atoms with E-state index < -0.39 is 0 Å². The Labute approximate surface area is 203 Å². The molecule has 0 atom stereocenters. The minimum absolute atomic E-state index is 0.259. The minimum atomic E-state index is -0.259. The first-order chi connectivity index (χ1) is 17.2. The number of nitrogens with one attached hydrogen (secondary N) is 1. The van der Waals surface area contributed by atoms with Crippen molar-refractivity contribution in [2.24, 2.45) is 0 Å². The largest absolute Gasteiger partial charge is 0.493 e. The topological polar surface area (TPSA) is 90.1 Å². The third-order valence-corrected chi connectivity index (χ3v) is 6.58. The Kier molecular flexibility index (Phi) is 5.54. The molecule has 4 aromatic rings. The first kappa shape index (κ1) is 21.5. The van der Waals surface area contributed by atoms with E-state index in [-0.39, 0.29) is 5.91 Å². The van der Waals surface area contributed by atoms with Crippen molar-refractivity contribution in [3.63, 3.8) is 0 Å². The molecule has 2 aliphatic heterocycles. The normalized spacial score (nSPS) is 16.3. The van der Waals surface area contributed by atoms with Crippen LogP contribution in [0, 0.1) is 0 Å². The van der Waals surface area contributed by atoms with Gasteiger partial charge in [-0.2, -0.15) is 5.10 Å². The molecule has 0 saturated heterocycles. The van der Waals surface area contributed by atoms with E-state index in [0.29, 0.717) is 23.7 Å². The fourth-order valence-corrected chi connectivity index (χ4v) is 4.71. The Morgan fingerprint density at radius 2 is 2.00 bits per heavy atom. The molecule has 0 aliphatic carbocycles. The number of aromatic nitrogens is 5. The third-order valence-electron chi connectivity index (χ3n) is 6.58. The second kappa shape index (κ2) is 8.99. The summed E-state index contributed by atoms with van der Waals surface area (Å²) in [4.78, 5) is 24.9. The van der Waals surface area contributed by atoms with Crippen LogP contribution in [0.2, 0.25) is 0 Å². The van der Waals surface area contributed by atoms with Crippen molar-refractivity contribution in [2.75, 3.05) is 25.5 Å². The Hall–Kier alpha value is -3.98. The summed E-state index contributed by atoms with van der Waals surface area (Å²) in [5, 5.41) is 7.53. The van der Waals surface area contributed by atoms with Gasteiger partial charge in [-0.05, 0) is 49.7 Å². The number of carbonyl (C=O) groups excluding carboxylic acids is 1. The Balaban J connectivity index is 1.38. The van der Waals surface area contributed by atoms with Crippen molar-refractivity contribution in [1.82, 2.24) is 29.2 Å². The van der Waals surface area contributed by atoms with Gasteiger partial charge in [0.1, 0.15) is 17.3 Å². The summed E-state index contributed by atoms with van der Waals surface area (Å²) in [6.45, 7) is 4.01. The van der Waals surface area contributed by atoms with Crippen LogP contribution in [0.1, 0.15) is 28.9 Å². The van der Waals surface area contributed by atoms with Gasteiger partial charge in [-0.3, -0.25) is 14.4 Å². The molecule has 6 rings (SSSR count). The maximum Gasteiger partial charge on any atom is 0.260 e. The van der Waals surface area contributed by atoms with Crippen LogP contribution in [-0.4, -0.2) is 55.3 Å². The molecule has 1 aromatic carbocycles. The highest BCUT2D eigenvalue weighted by atomic mass is 16.5. The highest BCUT2D eigenvalue weighted by Crippen LogP contribution is 2.31. The monoisotopic (exact) mass is 469 g/mol. The molecule has 0 radical (unpaired) electrons. The second-order valence-electron chi connectivity index (χ2n) is 9.04. The molecule has 1 amide bonds. The van der Waals surface area contributed by atoms with E-state index in [9.17, 15) is 4.79 Å². The lowest BCUT2D eigenvalue weighted by molar-refractivity contribution is 0.102. The molecule has 3 aromatic heterocycles. The van der Waals surface area contributed by atoms with Crippen LogP contribution >= 0.6 is 0 Å². The Morgan fingerprint density at radius 3 is 2.94 bits per heavy atom. The average Bonchev–Trinajstić information content (AvgIpc) is 3.50. The summed E-state index contributed by atoms with van der Waals surface area (Å²) in [5.74, 6) is 1.57. The van der Waals surface area contributed by atoms with Gasteiger partial charge in [0, 0.05) is 37.6 Å². The maximum atomic E-state index is 13.5. The SMILES string of the molecule is CN1CCn2ncc(-c3ccc4c(c3)C(=O)Nc3cccc(n3)-c3nccn3CCCCO4)c2C1. The summed E-state index contributed by atoms with van der Waals surface area (Å²) in [6.07, 6.45) is 7.42. The van der Waals surface area contributed by atoms with Crippen LogP contribution < -0.4 is 10.1 Å². The standard InChI is InChI=1S/C26H27N7O2/c1-31-12-13-33-22(17-31)20(16-28-33)18-7-8-23-19(15-18)26(34)30-24-6-4-5-21(29-24)25-27-9-11-32(25)10-2-3-14-35-23/h4-9,11,15-16H,2-3,10,12-14,17H2,1H3,(H,29,30,34). The van der Waals surface area contributed by atoms with Crippen molar-refractivity contribution in [3.05, 3.63) is 66.2 Å². The number of amides is 1. The lowest BCUT2D eigenvalue weighted by Gasteiger charge is -2.24. The zero-order valence-corrected chi connectivity index (χ0v) is 19.6. The number of hydrogen-bond acceptors (Lipinski definition) is 6. The molecule has 0 spiro atoms. The third kappa shape index (κ3) is 4.19. The summed E-state index contributed by atoms with van der Waals surface area (Å²) in [6, 6.07) is 11.4.